The lowest BCUT2D eigenvalue weighted by Gasteiger charge is -2.18. The van der Waals surface area contributed by atoms with Gasteiger partial charge in [0.05, 0.1) is 16.7 Å². The highest BCUT2D eigenvalue weighted by molar-refractivity contribution is 6.24. The van der Waals surface area contributed by atoms with E-state index in [2.05, 4.69) is 126 Å². The summed E-state index contributed by atoms with van der Waals surface area (Å²) in [4.78, 5) is 15.4. The van der Waals surface area contributed by atoms with Crippen molar-refractivity contribution in [2.45, 2.75) is 38.0 Å². The molecule has 2 aromatic heterocycles. The minimum atomic E-state index is 0.191. The second-order valence-electron chi connectivity index (χ2n) is 13.3. The first-order valence-corrected chi connectivity index (χ1v) is 17.5. The van der Waals surface area contributed by atoms with E-state index < -0.39 is 0 Å². The van der Waals surface area contributed by atoms with Crippen molar-refractivity contribution in [3.63, 3.8) is 0 Å². The quantitative estimate of drug-likeness (QED) is 0.182. The van der Waals surface area contributed by atoms with Crippen LogP contribution in [0.15, 0.2) is 133 Å². The molecule has 0 spiro atoms. The number of rotatable bonds is 4. The smallest absolute Gasteiger partial charge is 0.164 e. The van der Waals surface area contributed by atoms with Crippen LogP contribution in [0.2, 0.25) is 0 Å². The van der Waals surface area contributed by atoms with Crippen molar-refractivity contribution >= 4 is 49.4 Å². The van der Waals surface area contributed by atoms with Gasteiger partial charge in [-0.05, 0) is 77.6 Å². The van der Waals surface area contributed by atoms with E-state index in [4.69, 9.17) is 15.0 Å². The molecule has 0 bridgehead atoms. The molecule has 6 aromatic carbocycles. The van der Waals surface area contributed by atoms with Crippen molar-refractivity contribution in [3.8, 4) is 28.5 Å². The highest BCUT2D eigenvalue weighted by Crippen LogP contribution is 2.43. The van der Waals surface area contributed by atoms with Crippen molar-refractivity contribution in [1.29, 1.82) is 0 Å². The molecule has 0 fully saturated rings. The summed E-state index contributed by atoms with van der Waals surface area (Å²) in [5.74, 6) is 2.48. The molecule has 4 nitrogen and oxygen atoms in total. The number of allylic oxidation sites excluding steroid dienone is 3. The number of aryl methyl sites for hydroxylation is 1. The van der Waals surface area contributed by atoms with E-state index in [1.165, 1.54) is 49.1 Å². The standard InChI is InChI=1S/C45H34N4/c1-3-15-31(16-4-1)43-46-44(32-17-5-2-6-18-32)48-45(47-43)37-23-11-22-36-35(37)21-12-24-38(36)49-39-27-25-29-13-7-9-19-33(29)41(39)42-34-20-10-8-14-30(34)26-28-40(42)49/h1,3-5,7,9-13,15-17,19-28,32H,2,6,8,14,18H2. The summed E-state index contributed by atoms with van der Waals surface area (Å²) >= 11 is 0. The summed E-state index contributed by atoms with van der Waals surface area (Å²) in [6.07, 6.45) is 14.7. The molecule has 0 amide bonds. The molecular formula is C45H34N4. The summed E-state index contributed by atoms with van der Waals surface area (Å²) < 4.78 is 2.48. The molecule has 0 saturated carbocycles. The fourth-order valence-electron chi connectivity index (χ4n) is 8.15. The van der Waals surface area contributed by atoms with Crippen LogP contribution in [0.3, 0.4) is 0 Å². The Morgan fingerprint density at radius 1 is 0.592 bits per heavy atom. The second-order valence-corrected chi connectivity index (χ2v) is 13.3. The lowest BCUT2D eigenvalue weighted by Crippen LogP contribution is -2.09. The summed E-state index contributed by atoms with van der Waals surface area (Å²) in [5.41, 5.74) is 8.41. The molecule has 1 unspecified atom stereocenters. The zero-order chi connectivity index (χ0) is 32.3. The lowest BCUT2D eigenvalue weighted by molar-refractivity contribution is 0.623. The first kappa shape index (κ1) is 28.2. The predicted molar refractivity (Wildman–Crippen MR) is 203 cm³/mol. The van der Waals surface area contributed by atoms with Gasteiger partial charge < -0.3 is 4.57 Å². The van der Waals surface area contributed by atoms with Gasteiger partial charge in [-0.3, -0.25) is 0 Å². The minimum absolute atomic E-state index is 0.191. The summed E-state index contributed by atoms with van der Waals surface area (Å²) in [7, 11) is 0. The predicted octanol–water partition coefficient (Wildman–Crippen LogP) is 11.4. The Bertz CT molecular complexity index is 2640. The van der Waals surface area contributed by atoms with E-state index in [9.17, 15) is 0 Å². The monoisotopic (exact) mass is 630 g/mol. The zero-order valence-corrected chi connectivity index (χ0v) is 27.2. The van der Waals surface area contributed by atoms with E-state index in [-0.39, 0.29) is 5.92 Å². The van der Waals surface area contributed by atoms with Crippen LogP contribution in [0.25, 0.3) is 77.9 Å². The van der Waals surface area contributed by atoms with Gasteiger partial charge in [-0.25, -0.2) is 15.0 Å². The first-order valence-electron chi connectivity index (χ1n) is 17.5. The van der Waals surface area contributed by atoms with Crippen molar-refractivity contribution in [3.05, 3.63) is 150 Å². The Kier molecular flexibility index (Phi) is 6.54. The number of hydrogen-bond acceptors (Lipinski definition) is 3. The molecule has 0 N–H and O–H groups in total. The second kappa shape index (κ2) is 11.4. The van der Waals surface area contributed by atoms with Crippen LogP contribution >= 0.6 is 0 Å². The normalized spacial score (nSPS) is 15.8. The van der Waals surface area contributed by atoms with E-state index >= 15 is 0 Å². The number of benzene rings is 6. The van der Waals surface area contributed by atoms with Crippen molar-refractivity contribution in [2.75, 3.05) is 0 Å². The SMILES string of the molecule is C1=CC(c2nc(-c3ccccc3)nc(-c3cccc4c(-n5c6ccc7c(c6c6c8ccccc8ccc65)C=CCC7)cccc34)n2)CCC1. The Balaban J connectivity index is 1.24. The van der Waals surface area contributed by atoms with Gasteiger partial charge in [0.15, 0.2) is 11.6 Å². The molecule has 0 radical (unpaired) electrons. The third-order valence-electron chi connectivity index (χ3n) is 10.5. The number of fused-ring (bicyclic) bond motifs is 8. The Morgan fingerprint density at radius 2 is 1.39 bits per heavy atom. The van der Waals surface area contributed by atoms with Gasteiger partial charge >= 0.3 is 0 Å². The van der Waals surface area contributed by atoms with Crippen LogP contribution < -0.4 is 0 Å². The van der Waals surface area contributed by atoms with E-state index in [1.807, 2.05) is 18.2 Å². The van der Waals surface area contributed by atoms with Gasteiger partial charge in [0.1, 0.15) is 5.82 Å². The summed E-state index contributed by atoms with van der Waals surface area (Å²) in [6.45, 7) is 0. The number of nitrogens with zero attached hydrogens (tertiary/aromatic N) is 4. The van der Waals surface area contributed by atoms with Crippen LogP contribution in [0.5, 0.6) is 0 Å². The maximum absolute atomic E-state index is 5.19. The van der Waals surface area contributed by atoms with Crippen LogP contribution in [0.1, 0.15) is 48.6 Å². The fourth-order valence-corrected chi connectivity index (χ4v) is 8.15. The van der Waals surface area contributed by atoms with Crippen LogP contribution in [0, 0.1) is 0 Å². The van der Waals surface area contributed by atoms with Gasteiger partial charge in [0.25, 0.3) is 0 Å². The molecule has 2 aliphatic carbocycles. The molecule has 4 heteroatoms. The van der Waals surface area contributed by atoms with E-state index in [1.54, 1.807) is 0 Å². The molecule has 10 rings (SSSR count). The lowest BCUT2D eigenvalue weighted by atomic mass is 9.92. The third kappa shape index (κ3) is 4.55. The molecule has 0 saturated heterocycles. The van der Waals surface area contributed by atoms with Crippen molar-refractivity contribution in [2.24, 2.45) is 0 Å². The number of aromatic nitrogens is 4. The number of hydrogen-bond donors (Lipinski definition) is 0. The Morgan fingerprint density at radius 3 is 2.31 bits per heavy atom. The minimum Gasteiger partial charge on any atom is -0.309 e. The van der Waals surface area contributed by atoms with E-state index in [0.717, 1.165) is 71.8 Å². The van der Waals surface area contributed by atoms with Gasteiger partial charge in [0, 0.05) is 33.2 Å². The molecule has 2 aliphatic rings. The summed E-state index contributed by atoms with van der Waals surface area (Å²) in [5, 5.41) is 7.51. The molecule has 1 atom stereocenters. The first-order chi connectivity index (χ1) is 24.3. The maximum Gasteiger partial charge on any atom is 0.164 e. The molecule has 2 heterocycles. The fraction of sp³-hybridized carbons (Fsp3) is 0.133. The van der Waals surface area contributed by atoms with Gasteiger partial charge in [-0.15, -0.1) is 0 Å². The molecule has 49 heavy (non-hydrogen) atoms. The molecule has 234 valence electrons. The Labute approximate surface area is 285 Å². The van der Waals surface area contributed by atoms with Crippen LogP contribution in [-0.2, 0) is 6.42 Å². The van der Waals surface area contributed by atoms with Crippen LogP contribution in [0.4, 0.5) is 0 Å². The molecule has 8 aromatic rings. The largest absolute Gasteiger partial charge is 0.309 e. The van der Waals surface area contributed by atoms with Crippen molar-refractivity contribution in [1.82, 2.24) is 19.5 Å². The molecular weight excluding hydrogens is 597 g/mol. The van der Waals surface area contributed by atoms with Crippen molar-refractivity contribution < 1.29 is 0 Å². The van der Waals surface area contributed by atoms with Gasteiger partial charge in [-0.1, -0.05) is 121 Å². The highest BCUT2D eigenvalue weighted by Gasteiger charge is 2.23. The maximum atomic E-state index is 5.19. The average Bonchev–Trinajstić information content (AvgIpc) is 3.53. The van der Waals surface area contributed by atoms with E-state index in [0.29, 0.717) is 0 Å². The zero-order valence-electron chi connectivity index (χ0n) is 27.2. The summed E-state index contributed by atoms with van der Waals surface area (Å²) in [6, 6.07) is 41.6. The third-order valence-corrected chi connectivity index (χ3v) is 10.5. The molecule has 0 aliphatic heterocycles. The Hall–Kier alpha value is -5.87. The van der Waals surface area contributed by atoms with Gasteiger partial charge in [0.2, 0.25) is 0 Å². The van der Waals surface area contributed by atoms with Crippen LogP contribution in [-0.4, -0.2) is 19.5 Å². The topological polar surface area (TPSA) is 43.6 Å². The van der Waals surface area contributed by atoms with Gasteiger partial charge in [-0.2, -0.15) is 0 Å². The average molecular weight is 631 g/mol. The highest BCUT2D eigenvalue weighted by atomic mass is 15.0.